The summed E-state index contributed by atoms with van der Waals surface area (Å²) in [4.78, 5) is 0. The number of hydrogen-bond acceptors (Lipinski definition) is 7. The highest BCUT2D eigenvalue weighted by Gasteiger charge is 2.49. The van der Waals surface area contributed by atoms with Crippen molar-refractivity contribution in [2.24, 2.45) is 0 Å². The van der Waals surface area contributed by atoms with E-state index in [1.54, 1.807) is 7.11 Å². The van der Waals surface area contributed by atoms with Crippen LogP contribution in [-0.4, -0.2) is 44.4 Å². The quantitative estimate of drug-likeness (QED) is 0.100. The van der Waals surface area contributed by atoms with E-state index in [9.17, 15) is 0 Å². The largest absolute Gasteiger partial charge is 0.497 e. The molecule has 49 heavy (non-hydrogen) atoms. The maximum absolute atomic E-state index is 6.80. The Morgan fingerprint density at radius 3 is 1.33 bits per heavy atom. The summed E-state index contributed by atoms with van der Waals surface area (Å²) in [7, 11) is 1.65. The zero-order valence-corrected chi connectivity index (χ0v) is 27.8. The van der Waals surface area contributed by atoms with Crippen LogP contribution in [0.5, 0.6) is 5.75 Å². The van der Waals surface area contributed by atoms with E-state index < -0.39 is 30.7 Å². The maximum Gasteiger partial charge on any atom is 0.187 e. The second-order valence-corrected chi connectivity index (χ2v) is 12.0. The monoisotopic (exact) mass is 660 g/mol. The van der Waals surface area contributed by atoms with Gasteiger partial charge in [-0.2, -0.15) is 0 Å². The standard InChI is InChI=1S/C42H44O7/c1-43-37-24-22-36(23-25-37)30-48-42-41(47-29-35-20-12-5-13-21-35)40(46-28-34-18-10-4-11-19-34)39(45-27-33-16-8-3-9-17-33)38(49-42)31-44-26-32-14-6-2-7-15-32/h2-25,38-42H,26-31H2,1H3/t38-,39-,40+,41-,42+/m1/s1. The van der Waals surface area contributed by atoms with E-state index in [2.05, 4.69) is 24.3 Å². The topological polar surface area (TPSA) is 64.6 Å². The van der Waals surface area contributed by atoms with Gasteiger partial charge in [0.1, 0.15) is 30.2 Å². The zero-order chi connectivity index (χ0) is 33.5. The van der Waals surface area contributed by atoms with Crippen LogP contribution in [0, 0.1) is 0 Å². The van der Waals surface area contributed by atoms with Crippen molar-refractivity contribution in [3.63, 3.8) is 0 Å². The van der Waals surface area contributed by atoms with Gasteiger partial charge in [-0.15, -0.1) is 0 Å². The lowest BCUT2D eigenvalue weighted by Gasteiger charge is -2.46. The molecular weight excluding hydrogens is 616 g/mol. The van der Waals surface area contributed by atoms with Crippen LogP contribution in [0.3, 0.4) is 0 Å². The van der Waals surface area contributed by atoms with Crippen LogP contribution in [0.2, 0.25) is 0 Å². The van der Waals surface area contributed by atoms with Crippen molar-refractivity contribution in [1.29, 1.82) is 0 Å². The average molecular weight is 661 g/mol. The van der Waals surface area contributed by atoms with E-state index in [0.717, 1.165) is 33.6 Å². The molecule has 0 N–H and O–H groups in total. The van der Waals surface area contributed by atoms with Crippen LogP contribution < -0.4 is 4.74 Å². The molecule has 7 heteroatoms. The Balaban J connectivity index is 1.29. The van der Waals surface area contributed by atoms with Gasteiger partial charge in [0.2, 0.25) is 0 Å². The van der Waals surface area contributed by atoms with Gasteiger partial charge in [-0.1, -0.05) is 133 Å². The Labute approximate surface area is 289 Å². The van der Waals surface area contributed by atoms with E-state index in [0.29, 0.717) is 33.0 Å². The first-order valence-corrected chi connectivity index (χ1v) is 16.7. The molecular formula is C42H44O7. The summed E-state index contributed by atoms with van der Waals surface area (Å²) in [6, 6.07) is 48.2. The summed E-state index contributed by atoms with van der Waals surface area (Å²) < 4.78 is 45.2. The highest BCUT2D eigenvalue weighted by Crippen LogP contribution is 2.32. The molecule has 0 bridgehead atoms. The van der Waals surface area contributed by atoms with Crippen LogP contribution >= 0.6 is 0 Å². The highest BCUT2D eigenvalue weighted by atomic mass is 16.7. The Morgan fingerprint density at radius 1 is 0.429 bits per heavy atom. The number of ether oxygens (including phenoxy) is 7. The highest BCUT2D eigenvalue weighted by molar-refractivity contribution is 5.26. The second-order valence-electron chi connectivity index (χ2n) is 12.0. The van der Waals surface area contributed by atoms with E-state index >= 15 is 0 Å². The lowest BCUT2D eigenvalue weighted by atomic mass is 9.97. The van der Waals surface area contributed by atoms with Gasteiger partial charge in [0.25, 0.3) is 0 Å². The Kier molecular flexibility index (Phi) is 13.0. The molecule has 0 spiro atoms. The fourth-order valence-electron chi connectivity index (χ4n) is 5.78. The van der Waals surface area contributed by atoms with Crippen LogP contribution in [-0.2, 0) is 61.5 Å². The Hall–Kier alpha value is -4.34. The van der Waals surface area contributed by atoms with E-state index in [1.807, 2.05) is 121 Å². The van der Waals surface area contributed by atoms with E-state index in [4.69, 9.17) is 33.2 Å². The first-order chi connectivity index (χ1) is 24.2. The lowest BCUT2D eigenvalue weighted by Crippen LogP contribution is -2.61. The third kappa shape index (κ3) is 10.3. The summed E-state index contributed by atoms with van der Waals surface area (Å²) in [5.74, 6) is 0.783. The molecule has 5 aromatic carbocycles. The lowest BCUT2D eigenvalue weighted by molar-refractivity contribution is -0.330. The molecule has 0 aromatic heterocycles. The van der Waals surface area contributed by atoms with Gasteiger partial charge in [0.15, 0.2) is 6.29 Å². The summed E-state index contributed by atoms with van der Waals surface area (Å²) in [5.41, 5.74) is 5.19. The fraction of sp³-hybridized carbons (Fsp3) is 0.286. The van der Waals surface area contributed by atoms with Gasteiger partial charge in [0, 0.05) is 0 Å². The van der Waals surface area contributed by atoms with Crippen molar-refractivity contribution < 1.29 is 33.2 Å². The van der Waals surface area contributed by atoms with Crippen molar-refractivity contribution in [2.45, 2.75) is 63.7 Å². The number of benzene rings is 5. The van der Waals surface area contributed by atoms with Gasteiger partial charge >= 0.3 is 0 Å². The molecule has 1 saturated heterocycles. The molecule has 7 nitrogen and oxygen atoms in total. The summed E-state index contributed by atoms with van der Waals surface area (Å²) >= 11 is 0. The summed E-state index contributed by atoms with van der Waals surface area (Å²) in [6.45, 7) is 2.10. The minimum absolute atomic E-state index is 0.271. The van der Waals surface area contributed by atoms with Crippen LogP contribution in [0.25, 0.3) is 0 Å². The molecule has 1 aliphatic heterocycles. The molecule has 0 amide bonds. The molecule has 1 aliphatic rings. The smallest absolute Gasteiger partial charge is 0.187 e. The minimum atomic E-state index is -0.770. The molecule has 5 atom stereocenters. The van der Waals surface area contributed by atoms with Crippen LogP contribution in [0.1, 0.15) is 27.8 Å². The third-order valence-electron chi connectivity index (χ3n) is 8.41. The zero-order valence-electron chi connectivity index (χ0n) is 27.8. The minimum Gasteiger partial charge on any atom is -0.497 e. The molecule has 0 radical (unpaired) electrons. The fourth-order valence-corrected chi connectivity index (χ4v) is 5.78. The molecule has 0 aliphatic carbocycles. The van der Waals surface area contributed by atoms with Crippen molar-refractivity contribution in [3.05, 3.63) is 173 Å². The molecule has 1 fully saturated rings. The van der Waals surface area contributed by atoms with Crippen molar-refractivity contribution in [2.75, 3.05) is 13.7 Å². The van der Waals surface area contributed by atoms with Crippen molar-refractivity contribution in [3.8, 4) is 5.75 Å². The van der Waals surface area contributed by atoms with E-state index in [1.165, 1.54) is 0 Å². The molecule has 6 rings (SSSR count). The summed E-state index contributed by atoms with van der Waals surface area (Å²) in [5, 5.41) is 0. The van der Waals surface area contributed by atoms with Crippen molar-refractivity contribution in [1.82, 2.24) is 0 Å². The maximum atomic E-state index is 6.80. The predicted molar refractivity (Wildman–Crippen MR) is 188 cm³/mol. The number of rotatable bonds is 17. The SMILES string of the molecule is COc1ccc(CO[C@H]2O[C@H](COCc3ccccc3)[C@@H](OCc3ccccc3)[C@H](OCc3ccccc3)[C@H]2OCc2ccccc2)cc1. The molecule has 0 saturated carbocycles. The van der Waals surface area contributed by atoms with E-state index in [-0.39, 0.29) is 6.61 Å². The first kappa shape index (κ1) is 34.5. The van der Waals surface area contributed by atoms with Crippen LogP contribution in [0.4, 0.5) is 0 Å². The molecule has 1 heterocycles. The Bertz CT molecular complexity index is 1620. The molecule has 5 aromatic rings. The molecule has 254 valence electrons. The van der Waals surface area contributed by atoms with Crippen LogP contribution in [0.15, 0.2) is 146 Å². The predicted octanol–water partition coefficient (Wildman–Crippen LogP) is 7.91. The average Bonchev–Trinajstić information content (AvgIpc) is 3.17. The van der Waals surface area contributed by atoms with Crippen molar-refractivity contribution >= 4 is 0 Å². The number of methoxy groups -OCH3 is 1. The summed E-state index contributed by atoms with van der Waals surface area (Å²) in [6.07, 6.45) is -2.97. The van der Waals surface area contributed by atoms with Gasteiger partial charge in [-0.25, -0.2) is 0 Å². The van der Waals surface area contributed by atoms with Gasteiger partial charge in [-0.3, -0.25) is 0 Å². The first-order valence-electron chi connectivity index (χ1n) is 16.7. The number of hydrogen-bond donors (Lipinski definition) is 0. The van der Waals surface area contributed by atoms with Gasteiger partial charge in [0.05, 0.1) is 46.8 Å². The third-order valence-corrected chi connectivity index (χ3v) is 8.41. The normalized spacial score (nSPS) is 20.6. The second kappa shape index (κ2) is 18.4. The molecule has 0 unspecified atom stereocenters. The van der Waals surface area contributed by atoms with Gasteiger partial charge in [-0.05, 0) is 39.9 Å². The Morgan fingerprint density at radius 2 is 0.837 bits per heavy atom. The van der Waals surface area contributed by atoms with Gasteiger partial charge < -0.3 is 33.2 Å².